The van der Waals surface area contributed by atoms with Crippen molar-refractivity contribution >= 4 is 21.0 Å². The van der Waals surface area contributed by atoms with Crippen LogP contribution in [0.2, 0.25) is 0 Å². The van der Waals surface area contributed by atoms with Crippen molar-refractivity contribution < 1.29 is 13.5 Å². The van der Waals surface area contributed by atoms with Crippen LogP contribution in [0.3, 0.4) is 0 Å². The molecule has 0 aromatic carbocycles. The van der Waals surface area contributed by atoms with Crippen LogP contribution in [0.15, 0.2) is 9.59 Å². The molecule has 0 saturated carbocycles. The van der Waals surface area contributed by atoms with Crippen molar-refractivity contribution in [2.24, 2.45) is 0 Å². The maximum atomic E-state index is 13.3. The lowest BCUT2D eigenvalue weighted by atomic mass is 9.94. The molecule has 0 fully saturated rings. The third-order valence-corrected chi connectivity index (χ3v) is 6.45. The zero-order valence-corrected chi connectivity index (χ0v) is 19.8. The van der Waals surface area contributed by atoms with E-state index in [1.54, 1.807) is 0 Å². The summed E-state index contributed by atoms with van der Waals surface area (Å²) >= 11 is 0. The summed E-state index contributed by atoms with van der Waals surface area (Å²) in [7, 11) is -3.54. The van der Waals surface area contributed by atoms with Gasteiger partial charge in [0, 0.05) is 24.0 Å². The van der Waals surface area contributed by atoms with Crippen LogP contribution in [0.5, 0.6) is 0 Å². The molecule has 0 unspecified atom stereocenters. The average Bonchev–Trinajstić information content (AvgIpc) is 2.99. The molecule has 0 saturated heterocycles. The highest BCUT2D eigenvalue weighted by Crippen LogP contribution is 2.30. The summed E-state index contributed by atoms with van der Waals surface area (Å²) in [5, 5.41) is 8.99. The Morgan fingerprint density at radius 1 is 0.967 bits per heavy atom. The fraction of sp³-hybridized carbons (Fsp3) is 0.750. The minimum absolute atomic E-state index is 0.133. The van der Waals surface area contributed by atoms with Crippen LogP contribution in [-0.2, 0) is 33.9 Å². The number of hydrogen-bond donors (Lipinski definition) is 1. The number of aromatic nitrogens is 4. The van der Waals surface area contributed by atoms with Gasteiger partial charge in [0.05, 0.1) is 18.1 Å². The molecule has 1 N–H and O–H groups in total. The number of aliphatic hydroxyl groups is 1. The fourth-order valence-corrected chi connectivity index (χ4v) is 4.43. The maximum Gasteiger partial charge on any atom is 0.332 e. The van der Waals surface area contributed by atoms with E-state index in [1.165, 1.54) is 4.57 Å². The summed E-state index contributed by atoms with van der Waals surface area (Å²) in [5.74, 6) is -0.0359. The summed E-state index contributed by atoms with van der Waals surface area (Å²) in [4.78, 5) is 31.1. The Morgan fingerprint density at radius 3 is 2.03 bits per heavy atom. The zero-order chi connectivity index (χ0) is 23.1. The Kier molecular flexibility index (Phi) is 6.73. The van der Waals surface area contributed by atoms with Gasteiger partial charge in [0.25, 0.3) is 5.56 Å². The molecule has 2 heterocycles. The molecule has 30 heavy (non-hydrogen) atoms. The smallest absolute Gasteiger partial charge is 0.332 e. The van der Waals surface area contributed by atoms with Crippen LogP contribution in [0.25, 0.3) is 11.2 Å². The van der Waals surface area contributed by atoms with Crippen molar-refractivity contribution in [2.75, 3.05) is 18.1 Å². The summed E-state index contributed by atoms with van der Waals surface area (Å²) in [6, 6.07) is 0. The number of hydrogen-bond acceptors (Lipinski definition) is 6. The second-order valence-electron chi connectivity index (χ2n) is 9.63. The van der Waals surface area contributed by atoms with Gasteiger partial charge in [-0.05, 0) is 27.2 Å². The quantitative estimate of drug-likeness (QED) is 0.689. The van der Waals surface area contributed by atoms with Crippen LogP contribution in [0, 0.1) is 0 Å². The second kappa shape index (κ2) is 8.30. The van der Waals surface area contributed by atoms with Gasteiger partial charge in [-0.3, -0.25) is 13.9 Å². The van der Waals surface area contributed by atoms with Gasteiger partial charge in [0.2, 0.25) is 0 Å². The predicted molar refractivity (Wildman–Crippen MR) is 118 cm³/mol. The zero-order valence-electron chi connectivity index (χ0n) is 19.0. The number of aliphatic hydroxyl groups excluding tert-OH is 1. The van der Waals surface area contributed by atoms with Gasteiger partial charge in [-0.1, -0.05) is 27.7 Å². The highest BCUT2D eigenvalue weighted by Gasteiger charge is 2.32. The highest BCUT2D eigenvalue weighted by molar-refractivity contribution is 7.91. The maximum absolute atomic E-state index is 13.3. The largest absolute Gasteiger partial charge is 0.395 e. The molecule has 0 amide bonds. The number of imidazole rings is 1. The summed E-state index contributed by atoms with van der Waals surface area (Å²) in [6.45, 7) is 13.3. The monoisotopic (exact) mass is 442 g/mol. The molecule has 0 aliphatic rings. The van der Waals surface area contributed by atoms with Crippen molar-refractivity contribution in [3.63, 3.8) is 0 Å². The van der Waals surface area contributed by atoms with Crippen LogP contribution >= 0.6 is 0 Å². The van der Waals surface area contributed by atoms with E-state index in [0.29, 0.717) is 17.8 Å². The van der Waals surface area contributed by atoms with Crippen molar-refractivity contribution in [1.29, 1.82) is 0 Å². The van der Waals surface area contributed by atoms with E-state index in [4.69, 9.17) is 5.11 Å². The van der Waals surface area contributed by atoms with Gasteiger partial charge in [-0.15, -0.1) is 0 Å². The number of aryl methyl sites for hydroxylation is 1. The molecule has 0 spiro atoms. The van der Waals surface area contributed by atoms with Gasteiger partial charge in [-0.25, -0.2) is 18.2 Å². The first-order valence-corrected chi connectivity index (χ1v) is 12.1. The van der Waals surface area contributed by atoms with Crippen LogP contribution in [-0.4, -0.2) is 50.3 Å². The molecule has 0 bridgehead atoms. The van der Waals surface area contributed by atoms with E-state index in [2.05, 4.69) is 4.98 Å². The second-order valence-corrected chi connectivity index (χ2v) is 11.9. The predicted octanol–water partition coefficient (Wildman–Crippen LogP) is 1.23. The topological polar surface area (TPSA) is 116 Å². The first-order valence-electron chi connectivity index (χ1n) is 10.2. The van der Waals surface area contributed by atoms with Gasteiger partial charge in [-0.2, -0.15) is 0 Å². The molecule has 0 aliphatic heterocycles. The van der Waals surface area contributed by atoms with E-state index >= 15 is 0 Å². The van der Waals surface area contributed by atoms with Gasteiger partial charge in [0.15, 0.2) is 21.0 Å². The lowest BCUT2D eigenvalue weighted by Crippen LogP contribution is -2.42. The fourth-order valence-electron chi connectivity index (χ4n) is 3.49. The van der Waals surface area contributed by atoms with Crippen LogP contribution in [0.4, 0.5) is 0 Å². The van der Waals surface area contributed by atoms with Crippen molar-refractivity contribution in [1.82, 2.24) is 18.7 Å². The Balaban J connectivity index is 2.95. The molecule has 10 heteroatoms. The molecule has 0 radical (unpaired) electrons. The van der Waals surface area contributed by atoms with Crippen molar-refractivity contribution in [2.45, 2.75) is 78.9 Å². The van der Waals surface area contributed by atoms with Gasteiger partial charge < -0.3 is 9.67 Å². The van der Waals surface area contributed by atoms with E-state index in [-0.39, 0.29) is 30.2 Å². The summed E-state index contributed by atoms with van der Waals surface area (Å²) < 4.78 is 28.6. The summed E-state index contributed by atoms with van der Waals surface area (Å²) in [6.07, 6.45) is 0.583. The summed E-state index contributed by atoms with van der Waals surface area (Å²) in [5.41, 5.74) is -1.35. The highest BCUT2D eigenvalue weighted by atomic mass is 32.2. The van der Waals surface area contributed by atoms with E-state index in [9.17, 15) is 18.0 Å². The first-order chi connectivity index (χ1) is 13.7. The SMILES string of the molecule is CCCn1c(=O)c2c(nc(C(C)(C)C)n2C(C)(C)C)n(CCS(=O)(=O)CCO)c1=O. The normalized spacial score (nSPS) is 13.3. The minimum Gasteiger partial charge on any atom is -0.395 e. The van der Waals surface area contributed by atoms with Gasteiger partial charge in [0.1, 0.15) is 5.82 Å². The lowest BCUT2D eigenvalue weighted by Gasteiger charge is -2.29. The molecule has 170 valence electrons. The standard InChI is InChI=1S/C20H34N4O5S/c1-8-9-23-16(26)14-15(21-17(19(2,3)4)24(14)20(5,6)7)22(18(23)27)10-12-30(28,29)13-11-25/h25H,8-13H2,1-7H3. The first kappa shape index (κ1) is 24.3. The van der Waals surface area contributed by atoms with Crippen molar-refractivity contribution in [3.05, 3.63) is 26.7 Å². The molecule has 2 aromatic rings. The molecular weight excluding hydrogens is 408 g/mol. The van der Waals surface area contributed by atoms with Crippen molar-refractivity contribution in [3.8, 4) is 0 Å². The number of nitrogens with zero attached hydrogens (tertiary/aromatic N) is 4. The van der Waals surface area contributed by atoms with Crippen LogP contribution in [0.1, 0.15) is 60.7 Å². The minimum atomic E-state index is -3.54. The number of rotatable bonds is 7. The molecule has 0 aliphatic carbocycles. The molecule has 2 aromatic heterocycles. The molecule has 9 nitrogen and oxygen atoms in total. The number of fused-ring (bicyclic) bond motifs is 1. The lowest BCUT2D eigenvalue weighted by molar-refractivity contribution is 0.319. The van der Waals surface area contributed by atoms with E-state index in [0.717, 1.165) is 4.57 Å². The van der Waals surface area contributed by atoms with E-state index < -0.39 is 38.6 Å². The van der Waals surface area contributed by atoms with Crippen LogP contribution < -0.4 is 11.2 Å². The third-order valence-electron chi connectivity index (χ3n) is 4.84. The Labute approximate surface area is 177 Å². The third kappa shape index (κ3) is 4.69. The van der Waals surface area contributed by atoms with Gasteiger partial charge >= 0.3 is 5.69 Å². The van der Waals surface area contributed by atoms with E-state index in [1.807, 2.05) is 53.0 Å². The Bertz CT molecular complexity index is 1140. The Hall–Kier alpha value is -1.94. The molecule has 0 atom stereocenters. The Morgan fingerprint density at radius 2 is 1.57 bits per heavy atom. The number of sulfone groups is 1. The molecule has 2 rings (SSSR count). The average molecular weight is 443 g/mol. The molecular formula is C20H34N4O5S.